The fraction of sp³-hybridized carbons (Fsp3) is 0.0833. The standard InChI is InChI=1S/C12H5N4/c13-5-11(6-14)9-1-2-10(4-3-9)12(7-15)8-16/h1-4,11H. The Morgan fingerprint density at radius 1 is 0.875 bits per heavy atom. The van der Waals surface area contributed by atoms with E-state index >= 15 is 0 Å². The molecule has 0 saturated carbocycles. The normalized spacial score (nSPS) is 8.88. The number of hydrogen-bond acceptors (Lipinski definition) is 4. The van der Waals surface area contributed by atoms with E-state index in [1.54, 1.807) is 36.4 Å². The third-order valence-corrected chi connectivity index (χ3v) is 2.01. The second-order valence-corrected chi connectivity index (χ2v) is 2.91. The highest BCUT2D eigenvalue weighted by molar-refractivity contribution is 5.49. The second kappa shape index (κ2) is 5.16. The minimum Gasteiger partial charge on any atom is -0.196 e. The number of hydrogen-bond donors (Lipinski definition) is 0. The Kier molecular flexibility index (Phi) is 3.63. The first-order valence-electron chi connectivity index (χ1n) is 4.33. The third-order valence-electron chi connectivity index (χ3n) is 2.01. The van der Waals surface area contributed by atoms with Gasteiger partial charge in [-0.2, -0.15) is 21.0 Å². The zero-order valence-corrected chi connectivity index (χ0v) is 8.18. The Morgan fingerprint density at radius 3 is 1.75 bits per heavy atom. The lowest BCUT2D eigenvalue weighted by Gasteiger charge is -2.02. The first-order chi connectivity index (χ1) is 7.76. The summed E-state index contributed by atoms with van der Waals surface area (Å²) in [4.78, 5) is 0. The van der Waals surface area contributed by atoms with Gasteiger partial charge in [0.15, 0.2) is 5.92 Å². The van der Waals surface area contributed by atoms with Crippen LogP contribution in [0.1, 0.15) is 17.0 Å². The zero-order valence-electron chi connectivity index (χ0n) is 8.18. The maximum atomic E-state index is 8.67. The molecule has 1 radical (unpaired) electrons. The van der Waals surface area contributed by atoms with Crippen LogP contribution in [0, 0.1) is 51.2 Å². The van der Waals surface area contributed by atoms with Crippen LogP contribution in [0.4, 0.5) is 0 Å². The van der Waals surface area contributed by atoms with E-state index in [1.165, 1.54) is 0 Å². The van der Waals surface area contributed by atoms with Crippen LogP contribution < -0.4 is 0 Å². The summed E-state index contributed by atoms with van der Waals surface area (Å²) >= 11 is 0. The van der Waals surface area contributed by atoms with Crippen LogP contribution in [0.25, 0.3) is 0 Å². The van der Waals surface area contributed by atoms with Crippen LogP contribution in [-0.2, 0) is 0 Å². The number of benzene rings is 1. The van der Waals surface area contributed by atoms with E-state index < -0.39 is 5.92 Å². The summed E-state index contributed by atoms with van der Waals surface area (Å²) in [6.45, 7) is 0. The van der Waals surface area contributed by atoms with Crippen LogP contribution in [0.5, 0.6) is 0 Å². The fourth-order valence-corrected chi connectivity index (χ4v) is 1.17. The molecular weight excluding hydrogens is 200 g/mol. The van der Waals surface area contributed by atoms with Gasteiger partial charge in [-0.25, -0.2) is 0 Å². The molecule has 0 aromatic heterocycles. The molecule has 0 heterocycles. The highest BCUT2D eigenvalue weighted by Gasteiger charge is 2.13. The van der Waals surface area contributed by atoms with Crippen molar-refractivity contribution in [3.05, 3.63) is 41.3 Å². The molecule has 0 bridgehead atoms. The zero-order chi connectivity index (χ0) is 12.0. The van der Waals surface area contributed by atoms with Crippen molar-refractivity contribution in [2.45, 2.75) is 5.92 Å². The van der Waals surface area contributed by atoms with Crippen LogP contribution in [0.15, 0.2) is 24.3 Å². The van der Waals surface area contributed by atoms with Crippen molar-refractivity contribution in [1.29, 1.82) is 21.0 Å². The van der Waals surface area contributed by atoms with Crippen molar-refractivity contribution in [3.63, 3.8) is 0 Å². The maximum absolute atomic E-state index is 8.67. The van der Waals surface area contributed by atoms with E-state index in [-0.39, 0.29) is 5.92 Å². The summed E-state index contributed by atoms with van der Waals surface area (Å²) in [6, 6.07) is 13.5. The predicted molar refractivity (Wildman–Crippen MR) is 54.0 cm³/mol. The molecule has 0 atom stereocenters. The molecule has 4 nitrogen and oxygen atoms in total. The Morgan fingerprint density at radius 2 is 1.38 bits per heavy atom. The molecule has 0 aliphatic heterocycles. The van der Waals surface area contributed by atoms with Crippen LogP contribution in [0.2, 0.25) is 0 Å². The van der Waals surface area contributed by atoms with Crippen molar-refractivity contribution < 1.29 is 0 Å². The smallest absolute Gasteiger partial charge is 0.196 e. The number of rotatable bonds is 2. The minimum absolute atomic E-state index is 0.0111. The summed E-state index contributed by atoms with van der Waals surface area (Å²) in [5.41, 5.74) is 1.05. The molecule has 0 N–H and O–H groups in total. The maximum Gasteiger partial charge on any atom is 0.204 e. The average Bonchev–Trinajstić information content (AvgIpc) is 2.34. The fourth-order valence-electron chi connectivity index (χ4n) is 1.17. The second-order valence-electron chi connectivity index (χ2n) is 2.91. The van der Waals surface area contributed by atoms with Crippen molar-refractivity contribution in [1.82, 2.24) is 0 Å². The lowest BCUT2D eigenvalue weighted by Crippen LogP contribution is -1.96. The van der Waals surface area contributed by atoms with Gasteiger partial charge in [0.1, 0.15) is 0 Å². The van der Waals surface area contributed by atoms with Crippen LogP contribution >= 0.6 is 0 Å². The van der Waals surface area contributed by atoms with E-state index in [4.69, 9.17) is 21.0 Å². The van der Waals surface area contributed by atoms with Gasteiger partial charge in [0.2, 0.25) is 5.92 Å². The van der Waals surface area contributed by atoms with Gasteiger partial charge in [-0.15, -0.1) is 0 Å². The highest BCUT2D eigenvalue weighted by atomic mass is 14.3. The molecule has 0 unspecified atom stereocenters. The molecule has 0 saturated heterocycles. The van der Waals surface area contributed by atoms with Gasteiger partial charge in [-0.05, 0) is 11.1 Å². The molecule has 73 valence electrons. The van der Waals surface area contributed by atoms with Crippen LogP contribution in [-0.4, -0.2) is 0 Å². The lowest BCUT2D eigenvalue weighted by molar-refractivity contribution is 1.10. The van der Waals surface area contributed by atoms with Crippen molar-refractivity contribution in [2.24, 2.45) is 0 Å². The largest absolute Gasteiger partial charge is 0.204 e. The Balaban J connectivity index is 3.03. The third kappa shape index (κ3) is 2.16. The molecule has 0 aliphatic carbocycles. The average molecular weight is 205 g/mol. The van der Waals surface area contributed by atoms with Gasteiger partial charge in [0.25, 0.3) is 0 Å². The summed E-state index contributed by atoms with van der Waals surface area (Å²) in [7, 11) is 0. The number of nitriles is 4. The van der Waals surface area contributed by atoms with Crippen molar-refractivity contribution >= 4 is 0 Å². The van der Waals surface area contributed by atoms with Gasteiger partial charge < -0.3 is 0 Å². The Hall–Kier alpha value is -2.82. The van der Waals surface area contributed by atoms with E-state index in [0.29, 0.717) is 11.1 Å². The Labute approximate surface area is 93.2 Å². The molecule has 0 aliphatic rings. The monoisotopic (exact) mass is 205 g/mol. The quantitative estimate of drug-likeness (QED) is 0.735. The molecule has 16 heavy (non-hydrogen) atoms. The lowest BCUT2D eigenvalue weighted by atomic mass is 9.96. The molecule has 0 amide bonds. The first kappa shape index (κ1) is 11.3. The van der Waals surface area contributed by atoms with Crippen molar-refractivity contribution in [3.8, 4) is 24.3 Å². The van der Waals surface area contributed by atoms with Gasteiger partial charge in [0, 0.05) is 0 Å². The highest BCUT2D eigenvalue weighted by Crippen LogP contribution is 2.18. The molecule has 1 aromatic rings. The van der Waals surface area contributed by atoms with Crippen molar-refractivity contribution in [2.75, 3.05) is 0 Å². The molecule has 0 spiro atoms. The minimum atomic E-state index is -0.818. The summed E-state index contributed by atoms with van der Waals surface area (Å²) in [5.74, 6) is -0.807. The molecule has 4 heteroatoms. The van der Waals surface area contributed by atoms with Crippen LogP contribution in [0.3, 0.4) is 0 Å². The van der Waals surface area contributed by atoms with Gasteiger partial charge >= 0.3 is 0 Å². The van der Waals surface area contributed by atoms with E-state index in [9.17, 15) is 0 Å². The van der Waals surface area contributed by atoms with E-state index in [0.717, 1.165) is 0 Å². The topological polar surface area (TPSA) is 95.2 Å². The van der Waals surface area contributed by atoms with Gasteiger partial charge in [-0.1, -0.05) is 24.3 Å². The molecule has 1 aromatic carbocycles. The summed E-state index contributed by atoms with van der Waals surface area (Å²) in [5, 5.41) is 34.6. The summed E-state index contributed by atoms with van der Waals surface area (Å²) in [6.07, 6.45) is 0. The molecular formula is C12H5N4. The number of nitrogens with zero attached hydrogens (tertiary/aromatic N) is 4. The summed E-state index contributed by atoms with van der Waals surface area (Å²) < 4.78 is 0. The first-order valence-corrected chi connectivity index (χ1v) is 4.33. The van der Waals surface area contributed by atoms with Gasteiger partial charge in [-0.3, -0.25) is 0 Å². The Bertz CT molecular complexity index is 452. The molecule has 1 rings (SSSR count). The van der Waals surface area contributed by atoms with E-state index in [1.807, 2.05) is 12.1 Å². The SMILES string of the molecule is N#C[C](C#N)c1ccc(C(C#N)C#N)cc1. The molecule has 0 fully saturated rings. The van der Waals surface area contributed by atoms with Gasteiger partial charge in [0.05, 0.1) is 24.3 Å². The van der Waals surface area contributed by atoms with E-state index in [2.05, 4.69) is 0 Å². The predicted octanol–water partition coefficient (Wildman–Crippen LogP) is 1.79.